The van der Waals surface area contributed by atoms with Crippen LogP contribution in [0.25, 0.3) is 0 Å². The van der Waals surface area contributed by atoms with Crippen molar-refractivity contribution in [1.82, 2.24) is 12.3 Å². The maximum Gasteiger partial charge on any atom is 0.178 e. The number of hydrogen-bond acceptors (Lipinski definition) is 4. The fourth-order valence-corrected chi connectivity index (χ4v) is 2.91. The second-order valence-corrected chi connectivity index (χ2v) is 7.44. The van der Waals surface area contributed by atoms with Gasteiger partial charge in [-0.05, 0) is 0 Å². The smallest absolute Gasteiger partial charge is 0.178 e. The average Bonchev–Trinajstić information content (AvgIpc) is 2.60. The van der Waals surface area contributed by atoms with Crippen molar-refractivity contribution in [3.05, 3.63) is 0 Å². The first-order chi connectivity index (χ1) is 12.5. The molecule has 172 valence electrons. The summed E-state index contributed by atoms with van der Waals surface area (Å²) in [4.78, 5) is 0. The Morgan fingerprint density at radius 1 is 0.464 bits per heavy atom. The number of rotatable bonds is 18. The molecule has 0 aromatic carbocycles. The van der Waals surface area contributed by atoms with E-state index >= 15 is 0 Å². The molecule has 0 aromatic heterocycles. The van der Waals surface area contributed by atoms with Gasteiger partial charge in [0.15, 0.2) is 14.2 Å². The lowest BCUT2D eigenvalue weighted by molar-refractivity contribution is -0.218. The zero-order valence-electron chi connectivity index (χ0n) is 19.6. The van der Waals surface area contributed by atoms with Crippen molar-refractivity contribution in [3.63, 3.8) is 0 Å². The van der Waals surface area contributed by atoms with Crippen molar-refractivity contribution in [2.75, 3.05) is 0 Å². The fraction of sp³-hybridized carbons (Fsp3) is 1.00. The Labute approximate surface area is 176 Å². The first-order valence-corrected chi connectivity index (χ1v) is 11.2. The van der Waals surface area contributed by atoms with Gasteiger partial charge in [0, 0.05) is 0 Å². The monoisotopic (exact) mass is 406 g/mol. The Bertz CT molecular complexity index is 228. The van der Waals surface area contributed by atoms with Gasteiger partial charge in [0.25, 0.3) is 0 Å². The molecule has 0 saturated heterocycles. The summed E-state index contributed by atoms with van der Waals surface area (Å²) in [5, 5.41) is 37.5. The highest BCUT2D eigenvalue weighted by Gasteiger charge is 1.95. The first kappa shape index (κ1) is 35.3. The molecule has 0 fully saturated rings. The van der Waals surface area contributed by atoms with Crippen molar-refractivity contribution in [1.29, 1.82) is 0 Å². The van der Waals surface area contributed by atoms with Gasteiger partial charge in [-0.15, -0.1) is 0 Å². The van der Waals surface area contributed by atoms with Gasteiger partial charge in [-0.25, -0.2) is 0 Å². The maximum atomic E-state index is 10.3. The summed E-state index contributed by atoms with van der Waals surface area (Å²) >= 11 is 0. The number of quaternary nitrogens is 2. The van der Waals surface area contributed by atoms with Crippen molar-refractivity contribution < 1.29 is 20.1 Å². The maximum absolute atomic E-state index is 10.3. The number of hydrogen-bond donors (Lipinski definition) is 4. The summed E-state index contributed by atoms with van der Waals surface area (Å²) in [6, 6.07) is 0. The van der Waals surface area contributed by atoms with Crippen LogP contribution in [0, 0.1) is 0 Å². The molecule has 0 saturated carbocycles. The zero-order valence-corrected chi connectivity index (χ0v) is 19.6. The zero-order chi connectivity index (χ0) is 19.9. The minimum atomic E-state index is -1.35. The SMILES string of the molecule is CCCCCCCCCCB([O-])O.CCCCCCCCCCB([O-])O.[NH4+].[NH4+]. The van der Waals surface area contributed by atoms with Gasteiger partial charge in [-0.1, -0.05) is 129 Å². The van der Waals surface area contributed by atoms with E-state index in [1.54, 1.807) is 0 Å². The van der Waals surface area contributed by atoms with Gasteiger partial charge < -0.3 is 32.4 Å². The predicted octanol–water partition coefficient (Wildman–Crippen LogP) is 4.69. The summed E-state index contributed by atoms with van der Waals surface area (Å²) in [7, 11) is -2.69. The largest absolute Gasteiger partial charge is 0.857 e. The van der Waals surface area contributed by atoms with Gasteiger partial charge in [0.1, 0.15) is 0 Å². The molecule has 0 aliphatic carbocycles. The van der Waals surface area contributed by atoms with E-state index in [4.69, 9.17) is 10.0 Å². The van der Waals surface area contributed by atoms with Crippen LogP contribution in [-0.2, 0) is 0 Å². The second-order valence-electron chi connectivity index (χ2n) is 7.44. The average molecular weight is 406 g/mol. The molecule has 6 nitrogen and oxygen atoms in total. The van der Waals surface area contributed by atoms with E-state index in [0.29, 0.717) is 12.6 Å². The van der Waals surface area contributed by atoms with Gasteiger partial charge in [-0.3, -0.25) is 0 Å². The van der Waals surface area contributed by atoms with Crippen molar-refractivity contribution >= 4 is 14.2 Å². The van der Waals surface area contributed by atoms with Crippen LogP contribution in [0.1, 0.15) is 117 Å². The molecule has 0 aromatic rings. The molecular formula is C20H52B2N2O4. The predicted molar refractivity (Wildman–Crippen MR) is 123 cm³/mol. The van der Waals surface area contributed by atoms with Gasteiger partial charge >= 0.3 is 0 Å². The molecular weight excluding hydrogens is 354 g/mol. The normalized spacial score (nSPS) is 9.64. The van der Waals surface area contributed by atoms with Crippen molar-refractivity contribution in [3.8, 4) is 0 Å². The third kappa shape index (κ3) is 40.5. The number of unbranched alkanes of at least 4 members (excludes halogenated alkanes) is 14. The summed E-state index contributed by atoms with van der Waals surface area (Å²) in [5.74, 6) is 0. The minimum Gasteiger partial charge on any atom is -0.857 e. The topological polar surface area (TPSA) is 160 Å². The Hall–Kier alpha value is -0.110. The van der Waals surface area contributed by atoms with Crippen molar-refractivity contribution in [2.45, 2.75) is 129 Å². The third-order valence-electron chi connectivity index (χ3n) is 4.61. The van der Waals surface area contributed by atoms with E-state index in [1.807, 2.05) is 0 Å². The molecule has 10 N–H and O–H groups in total. The Balaban J connectivity index is -0.000000192. The summed E-state index contributed by atoms with van der Waals surface area (Å²) < 4.78 is 0. The van der Waals surface area contributed by atoms with Crippen LogP contribution in [-0.4, -0.2) is 24.3 Å². The van der Waals surface area contributed by atoms with Gasteiger partial charge in [0.05, 0.1) is 0 Å². The van der Waals surface area contributed by atoms with E-state index in [2.05, 4.69) is 13.8 Å². The molecule has 0 rings (SSSR count). The lowest BCUT2D eigenvalue weighted by atomic mass is 9.83. The molecule has 0 radical (unpaired) electrons. The summed E-state index contributed by atoms with van der Waals surface area (Å²) in [6.45, 7) is 4.44. The first-order valence-electron chi connectivity index (χ1n) is 11.2. The highest BCUT2D eigenvalue weighted by Crippen LogP contribution is 2.10. The molecule has 0 unspecified atom stereocenters. The van der Waals surface area contributed by atoms with Crippen LogP contribution >= 0.6 is 0 Å². The molecule has 0 atom stereocenters. The lowest BCUT2D eigenvalue weighted by Crippen LogP contribution is -2.29. The van der Waals surface area contributed by atoms with E-state index in [-0.39, 0.29) is 12.3 Å². The lowest BCUT2D eigenvalue weighted by Gasteiger charge is -2.09. The molecule has 0 bridgehead atoms. The Morgan fingerprint density at radius 2 is 0.679 bits per heavy atom. The highest BCUT2D eigenvalue weighted by molar-refractivity contribution is 6.39. The Kier molecular flexibility index (Phi) is 39.9. The molecule has 8 heteroatoms. The van der Waals surface area contributed by atoms with E-state index in [9.17, 15) is 10.0 Å². The fourth-order valence-electron chi connectivity index (χ4n) is 2.91. The van der Waals surface area contributed by atoms with Gasteiger partial charge in [-0.2, -0.15) is 0 Å². The summed E-state index contributed by atoms with van der Waals surface area (Å²) in [6.07, 6.45) is 20.5. The molecule has 0 amide bonds. The van der Waals surface area contributed by atoms with Crippen molar-refractivity contribution in [2.24, 2.45) is 0 Å². The van der Waals surface area contributed by atoms with Crippen LogP contribution in [0.15, 0.2) is 0 Å². The standard InChI is InChI=1S/2C10H22BO2.2H3N/c2*1-2-3-4-5-6-7-8-9-10-11(12)13;;/h2*12H,2-10H2,1H3;2*1H3/q2*-1;;/p+2. The van der Waals surface area contributed by atoms with Crippen LogP contribution in [0.4, 0.5) is 0 Å². The van der Waals surface area contributed by atoms with Gasteiger partial charge in [0.2, 0.25) is 0 Å². The van der Waals surface area contributed by atoms with Crippen LogP contribution in [0.5, 0.6) is 0 Å². The highest BCUT2D eigenvalue weighted by atomic mass is 16.4. The van der Waals surface area contributed by atoms with E-state index < -0.39 is 14.2 Å². The van der Waals surface area contributed by atoms with Crippen LogP contribution < -0.4 is 22.3 Å². The second kappa shape index (κ2) is 31.6. The molecule has 0 spiro atoms. The molecule has 28 heavy (non-hydrogen) atoms. The minimum absolute atomic E-state index is 0. The van der Waals surface area contributed by atoms with E-state index in [1.165, 1.54) is 77.0 Å². The third-order valence-corrected chi connectivity index (χ3v) is 4.61. The molecule has 0 heterocycles. The van der Waals surface area contributed by atoms with Crippen LogP contribution in [0.3, 0.4) is 0 Å². The Morgan fingerprint density at radius 3 is 0.893 bits per heavy atom. The summed E-state index contributed by atoms with van der Waals surface area (Å²) in [5.41, 5.74) is 0. The molecule has 0 aliphatic heterocycles. The quantitative estimate of drug-likeness (QED) is 0.192. The molecule has 0 aliphatic rings. The van der Waals surface area contributed by atoms with Crippen LogP contribution in [0.2, 0.25) is 12.6 Å². The van der Waals surface area contributed by atoms with E-state index in [0.717, 1.165) is 25.7 Å².